The Labute approximate surface area is 187 Å². The van der Waals surface area contributed by atoms with Crippen molar-refractivity contribution >= 4 is 11.9 Å². The molecule has 1 aliphatic carbocycles. The van der Waals surface area contributed by atoms with Crippen LogP contribution in [0.5, 0.6) is 5.75 Å². The van der Waals surface area contributed by atoms with E-state index < -0.39 is 36.5 Å². The van der Waals surface area contributed by atoms with Gasteiger partial charge in [-0.3, -0.25) is 4.79 Å². The molecule has 2 N–H and O–H groups in total. The maximum Gasteiger partial charge on any atom is 0.573 e. The highest BCUT2D eigenvalue weighted by Gasteiger charge is 2.41. The number of hydrogen-bond acceptors (Lipinski definition) is 5. The Hall–Kier alpha value is -3.07. The topological polar surface area (TPSA) is 106 Å². The molecule has 3 rings (SSSR count). The third-order valence-electron chi connectivity index (χ3n) is 5.64. The average Bonchev–Trinajstić information content (AvgIpc) is 3.56. The molecular weight excluding hydrogens is 448 g/mol. The number of aliphatic hydroxyl groups is 1. The van der Waals surface area contributed by atoms with E-state index in [1.165, 1.54) is 4.90 Å². The molecule has 2 fully saturated rings. The molecule has 180 valence electrons. The van der Waals surface area contributed by atoms with Crippen LogP contribution in [0, 0.1) is 23.1 Å². The number of urea groups is 1. The lowest BCUT2D eigenvalue weighted by Gasteiger charge is -2.42. The number of ether oxygens (including phenoxy) is 1. The number of benzene rings is 1. The van der Waals surface area contributed by atoms with Crippen LogP contribution in [-0.2, 0) is 11.3 Å². The first kappa shape index (κ1) is 24.6. The van der Waals surface area contributed by atoms with Crippen LogP contribution in [0.15, 0.2) is 18.2 Å². The fourth-order valence-corrected chi connectivity index (χ4v) is 4.07. The Kier molecular flexibility index (Phi) is 7.63. The summed E-state index contributed by atoms with van der Waals surface area (Å²) in [7, 11) is 0. The minimum absolute atomic E-state index is 0.0169. The molecular formula is C21H24F4N4O4. The zero-order chi connectivity index (χ0) is 24.2. The number of alkyl halides is 3. The highest BCUT2D eigenvalue weighted by molar-refractivity contribution is 5.78. The number of likely N-dealkylation sites (tertiary alicyclic amines) is 1. The quantitative estimate of drug-likeness (QED) is 0.594. The van der Waals surface area contributed by atoms with Gasteiger partial charge in [-0.2, -0.15) is 5.26 Å². The van der Waals surface area contributed by atoms with E-state index in [2.05, 4.69) is 16.1 Å². The van der Waals surface area contributed by atoms with E-state index in [0.717, 1.165) is 25.0 Å². The number of halogens is 4. The summed E-state index contributed by atoms with van der Waals surface area (Å²) in [5.41, 5.74) is -0.0169. The van der Waals surface area contributed by atoms with Crippen LogP contribution in [-0.4, -0.2) is 65.0 Å². The zero-order valence-corrected chi connectivity index (χ0v) is 17.6. The number of nitrogens with zero attached hydrogens (tertiary/aromatic N) is 3. The summed E-state index contributed by atoms with van der Waals surface area (Å²) in [5, 5.41) is 20.9. The van der Waals surface area contributed by atoms with Gasteiger partial charge < -0.3 is 25.0 Å². The number of carbonyl (C=O) groups is 2. The van der Waals surface area contributed by atoms with Gasteiger partial charge in [0.2, 0.25) is 5.91 Å². The molecule has 0 spiro atoms. The van der Waals surface area contributed by atoms with Gasteiger partial charge in [0.25, 0.3) is 0 Å². The molecule has 1 aromatic rings. The molecule has 1 aliphatic heterocycles. The van der Waals surface area contributed by atoms with Crippen LogP contribution in [0.2, 0.25) is 0 Å². The summed E-state index contributed by atoms with van der Waals surface area (Å²) in [6.07, 6.45) is -2.72. The maximum absolute atomic E-state index is 14.2. The first-order valence-corrected chi connectivity index (χ1v) is 10.5. The van der Waals surface area contributed by atoms with Gasteiger partial charge >= 0.3 is 12.4 Å². The predicted molar refractivity (Wildman–Crippen MR) is 106 cm³/mol. The van der Waals surface area contributed by atoms with E-state index in [1.807, 2.05) is 0 Å². The van der Waals surface area contributed by atoms with Gasteiger partial charge in [-0.15, -0.1) is 13.2 Å². The molecule has 33 heavy (non-hydrogen) atoms. The number of hydrogen-bond donors (Lipinski definition) is 2. The van der Waals surface area contributed by atoms with Crippen LogP contribution < -0.4 is 10.1 Å². The molecule has 3 amide bonds. The van der Waals surface area contributed by atoms with Crippen molar-refractivity contribution in [3.8, 4) is 11.8 Å². The van der Waals surface area contributed by atoms with Crippen molar-refractivity contribution in [3.05, 3.63) is 29.6 Å². The summed E-state index contributed by atoms with van der Waals surface area (Å²) in [6, 6.07) is 3.80. The first-order valence-electron chi connectivity index (χ1n) is 10.5. The molecule has 0 aromatic heterocycles. The molecule has 1 saturated carbocycles. The maximum atomic E-state index is 14.2. The van der Waals surface area contributed by atoms with Gasteiger partial charge in [0.05, 0.1) is 12.1 Å². The number of amides is 3. The van der Waals surface area contributed by atoms with Gasteiger partial charge in [0, 0.05) is 43.7 Å². The molecule has 1 aromatic carbocycles. The predicted octanol–water partition coefficient (Wildman–Crippen LogP) is 2.52. The Morgan fingerprint density at radius 2 is 2.00 bits per heavy atom. The number of rotatable bonds is 7. The summed E-state index contributed by atoms with van der Waals surface area (Å²) in [5.74, 6) is -2.30. The van der Waals surface area contributed by atoms with Gasteiger partial charge in [-0.1, -0.05) is 6.07 Å². The number of nitriles is 1. The Morgan fingerprint density at radius 1 is 1.27 bits per heavy atom. The fraction of sp³-hybridized carbons (Fsp3) is 0.571. The van der Waals surface area contributed by atoms with Crippen molar-refractivity contribution in [1.82, 2.24) is 15.1 Å². The summed E-state index contributed by atoms with van der Waals surface area (Å²) < 4.78 is 54.7. The third-order valence-corrected chi connectivity index (χ3v) is 5.64. The van der Waals surface area contributed by atoms with Gasteiger partial charge in [-0.05, 0) is 31.2 Å². The number of nitrogens with one attached hydrogen (secondary N) is 1. The van der Waals surface area contributed by atoms with Crippen molar-refractivity contribution < 1.29 is 37.0 Å². The Bertz CT molecular complexity index is 917. The van der Waals surface area contributed by atoms with Gasteiger partial charge in [0.15, 0.2) is 0 Å². The molecule has 12 heteroatoms. The zero-order valence-electron chi connectivity index (χ0n) is 17.6. The largest absolute Gasteiger partial charge is 0.573 e. The third kappa shape index (κ3) is 6.71. The summed E-state index contributed by atoms with van der Waals surface area (Å²) in [6.45, 7) is -0.396. The number of aliphatic hydroxyl groups excluding tert-OH is 1. The van der Waals surface area contributed by atoms with E-state index in [9.17, 15) is 32.3 Å². The van der Waals surface area contributed by atoms with Gasteiger partial charge in [0.1, 0.15) is 18.2 Å². The normalized spacial score (nSPS) is 20.7. The lowest BCUT2D eigenvalue weighted by molar-refractivity contribution is -0.274. The van der Waals surface area contributed by atoms with E-state index >= 15 is 0 Å². The lowest BCUT2D eigenvalue weighted by Crippen LogP contribution is -2.57. The highest BCUT2D eigenvalue weighted by Crippen LogP contribution is 2.33. The lowest BCUT2D eigenvalue weighted by atomic mass is 9.91. The van der Waals surface area contributed by atoms with Crippen molar-refractivity contribution in [2.75, 3.05) is 19.7 Å². The van der Waals surface area contributed by atoms with Crippen molar-refractivity contribution in [2.24, 2.45) is 5.92 Å². The standard InChI is InChI=1S/C21H24F4N4O4/c22-18-8-17(33-21(23,24)25)4-1-14(18)9-27-20(32)29(15-2-3-15)16-7-13(5-6-26)10-28(11-16)19(31)12-30/h1,4,8,13,15-16,30H,2-3,5,7,9-12H2,(H,27,32). The first-order chi connectivity index (χ1) is 15.6. The van der Waals surface area contributed by atoms with E-state index in [4.69, 9.17) is 5.26 Å². The van der Waals surface area contributed by atoms with Crippen LogP contribution in [0.1, 0.15) is 31.2 Å². The summed E-state index contributed by atoms with van der Waals surface area (Å²) >= 11 is 0. The average molecular weight is 472 g/mol. The molecule has 8 nitrogen and oxygen atoms in total. The van der Waals surface area contributed by atoms with Crippen molar-refractivity contribution in [1.29, 1.82) is 5.26 Å². The molecule has 1 heterocycles. The smallest absolute Gasteiger partial charge is 0.406 e. The van der Waals surface area contributed by atoms with Crippen LogP contribution in [0.4, 0.5) is 22.4 Å². The second-order valence-corrected chi connectivity index (χ2v) is 8.17. The number of piperidine rings is 1. The Balaban J connectivity index is 1.68. The van der Waals surface area contributed by atoms with E-state index in [1.54, 1.807) is 4.90 Å². The fourth-order valence-electron chi connectivity index (χ4n) is 4.07. The molecule has 1 saturated heterocycles. The molecule has 2 unspecified atom stereocenters. The highest BCUT2D eigenvalue weighted by atomic mass is 19.4. The second kappa shape index (κ2) is 10.2. The van der Waals surface area contributed by atoms with Crippen LogP contribution in [0.25, 0.3) is 0 Å². The van der Waals surface area contributed by atoms with Crippen molar-refractivity contribution in [3.63, 3.8) is 0 Å². The molecule has 0 bridgehead atoms. The van der Waals surface area contributed by atoms with Crippen LogP contribution in [0.3, 0.4) is 0 Å². The SMILES string of the molecule is N#CCC1CC(N(C(=O)NCc2ccc(OC(F)(F)F)cc2F)C2CC2)CN(C(=O)CO)C1. The minimum atomic E-state index is -4.94. The van der Waals surface area contributed by atoms with Gasteiger partial charge in [-0.25, -0.2) is 9.18 Å². The second-order valence-electron chi connectivity index (χ2n) is 8.17. The van der Waals surface area contributed by atoms with E-state index in [-0.39, 0.29) is 43.1 Å². The molecule has 2 aliphatic rings. The van der Waals surface area contributed by atoms with Crippen molar-refractivity contribution in [2.45, 2.75) is 50.7 Å². The Morgan fingerprint density at radius 3 is 2.58 bits per heavy atom. The number of carbonyl (C=O) groups excluding carboxylic acids is 2. The van der Waals surface area contributed by atoms with E-state index in [0.29, 0.717) is 19.0 Å². The minimum Gasteiger partial charge on any atom is -0.406 e. The molecule has 2 atom stereocenters. The monoisotopic (exact) mass is 472 g/mol. The van der Waals surface area contributed by atoms with Crippen LogP contribution >= 0.6 is 0 Å². The molecule has 0 radical (unpaired) electrons. The summed E-state index contributed by atoms with van der Waals surface area (Å²) in [4.78, 5) is 28.1.